The van der Waals surface area contributed by atoms with E-state index < -0.39 is 0 Å². The molecule has 0 radical (unpaired) electrons. The van der Waals surface area contributed by atoms with Crippen molar-refractivity contribution in [2.45, 2.75) is 12.7 Å². The van der Waals surface area contributed by atoms with Crippen LogP contribution in [-0.4, -0.2) is 36.6 Å². The third-order valence-electron chi connectivity index (χ3n) is 1.74. The largest absolute Gasteiger partial charge is 0.484 e. The van der Waals surface area contributed by atoms with Crippen molar-refractivity contribution in [1.29, 1.82) is 0 Å². The van der Waals surface area contributed by atoms with Gasteiger partial charge in [-0.1, -0.05) is 0 Å². The smallest absolute Gasteiger partial charge is 0.188 e. The molecule has 0 saturated heterocycles. The summed E-state index contributed by atoms with van der Waals surface area (Å²) in [4.78, 5) is 8.48. The van der Waals surface area contributed by atoms with Gasteiger partial charge in [0, 0.05) is 16.9 Å². The monoisotopic (exact) mass is 287 g/mol. The number of anilines is 1. The molecule has 1 rings (SSSR count). The molecule has 0 spiro atoms. The Kier molecular flexibility index (Phi) is 7.98. The maximum Gasteiger partial charge on any atom is 0.188 e. The minimum atomic E-state index is 0.664. The molecule has 1 heterocycles. The van der Waals surface area contributed by atoms with Gasteiger partial charge in [0.05, 0.1) is 18.8 Å². The standard InChI is InChI=1S/C10H17N5OS2/c1-2-16-8-12-3-4-17-5-9-6-18-10(15-9)13-7-14-11/h6-8H,2-5,11H2,1H3,(H,13,14,15). The van der Waals surface area contributed by atoms with Crippen molar-refractivity contribution in [3.05, 3.63) is 11.1 Å². The third-order valence-corrected chi connectivity index (χ3v) is 3.54. The molecule has 100 valence electrons. The Bertz CT molecular complexity index is 380. The summed E-state index contributed by atoms with van der Waals surface area (Å²) in [5.41, 5.74) is 1.05. The lowest BCUT2D eigenvalue weighted by Gasteiger charge is -1.96. The Morgan fingerprint density at radius 2 is 2.56 bits per heavy atom. The van der Waals surface area contributed by atoms with E-state index in [0.717, 1.165) is 28.9 Å². The Morgan fingerprint density at radius 1 is 1.67 bits per heavy atom. The molecule has 0 amide bonds. The molecule has 1 aromatic rings. The van der Waals surface area contributed by atoms with Crippen LogP contribution in [0.4, 0.5) is 5.13 Å². The van der Waals surface area contributed by atoms with Crippen LogP contribution < -0.4 is 11.2 Å². The fourth-order valence-corrected chi connectivity index (χ4v) is 2.52. The van der Waals surface area contributed by atoms with Crippen LogP contribution in [0.2, 0.25) is 0 Å². The normalized spacial score (nSPS) is 11.4. The zero-order valence-corrected chi connectivity index (χ0v) is 11.8. The van der Waals surface area contributed by atoms with Gasteiger partial charge in [-0.05, 0) is 6.92 Å². The first kappa shape index (κ1) is 14.8. The molecule has 8 heteroatoms. The highest BCUT2D eigenvalue weighted by Gasteiger charge is 2.00. The van der Waals surface area contributed by atoms with Gasteiger partial charge in [-0.3, -0.25) is 4.99 Å². The Morgan fingerprint density at radius 3 is 3.33 bits per heavy atom. The minimum Gasteiger partial charge on any atom is -0.484 e. The summed E-state index contributed by atoms with van der Waals surface area (Å²) in [6, 6.07) is 0. The molecular formula is C10H17N5OS2. The molecule has 0 unspecified atom stereocenters. The number of hydrogen-bond acceptors (Lipinski definition) is 7. The first-order valence-corrected chi connectivity index (χ1v) is 7.50. The molecule has 0 atom stereocenters. The van der Waals surface area contributed by atoms with Crippen LogP contribution in [0, 0.1) is 0 Å². The summed E-state index contributed by atoms with van der Waals surface area (Å²) in [6.07, 6.45) is 2.93. The van der Waals surface area contributed by atoms with Crippen LogP contribution in [0.1, 0.15) is 12.6 Å². The number of hydrazone groups is 1. The van der Waals surface area contributed by atoms with Crippen molar-refractivity contribution in [2.75, 3.05) is 24.2 Å². The van der Waals surface area contributed by atoms with Crippen molar-refractivity contribution in [3.63, 3.8) is 0 Å². The van der Waals surface area contributed by atoms with E-state index in [-0.39, 0.29) is 0 Å². The molecule has 0 aromatic carbocycles. The van der Waals surface area contributed by atoms with E-state index in [4.69, 9.17) is 10.6 Å². The zero-order chi connectivity index (χ0) is 13.1. The maximum atomic E-state index is 5.00. The number of rotatable bonds is 9. The summed E-state index contributed by atoms with van der Waals surface area (Å²) in [5.74, 6) is 6.82. The van der Waals surface area contributed by atoms with E-state index in [2.05, 4.69) is 20.4 Å². The Balaban J connectivity index is 2.13. The number of nitrogens with zero attached hydrogens (tertiary/aromatic N) is 3. The second-order valence-electron chi connectivity index (χ2n) is 3.09. The van der Waals surface area contributed by atoms with E-state index in [0.29, 0.717) is 6.61 Å². The molecule has 3 N–H and O–H groups in total. The number of ether oxygens (including phenoxy) is 1. The second kappa shape index (κ2) is 9.72. The first-order chi connectivity index (χ1) is 8.86. The number of thiazole rings is 1. The lowest BCUT2D eigenvalue weighted by Crippen LogP contribution is -1.97. The zero-order valence-electron chi connectivity index (χ0n) is 10.2. The van der Waals surface area contributed by atoms with Crippen molar-refractivity contribution in [2.24, 2.45) is 15.9 Å². The van der Waals surface area contributed by atoms with E-state index in [1.54, 1.807) is 11.8 Å². The molecule has 18 heavy (non-hydrogen) atoms. The number of nitrogens with two attached hydrogens (primary N) is 1. The average molecular weight is 287 g/mol. The number of aliphatic imine (C=N–C) groups is 1. The molecular weight excluding hydrogens is 270 g/mol. The topological polar surface area (TPSA) is 84.9 Å². The van der Waals surface area contributed by atoms with E-state index >= 15 is 0 Å². The summed E-state index contributed by atoms with van der Waals surface area (Å²) in [7, 11) is 0. The fourth-order valence-electron chi connectivity index (χ4n) is 1.01. The van der Waals surface area contributed by atoms with Crippen molar-refractivity contribution >= 4 is 41.0 Å². The Labute approximate surface area is 115 Å². The lowest BCUT2D eigenvalue weighted by atomic mass is 10.6. The molecule has 6 nitrogen and oxygen atoms in total. The molecule has 0 aliphatic heterocycles. The van der Waals surface area contributed by atoms with Gasteiger partial charge in [0.15, 0.2) is 11.5 Å². The van der Waals surface area contributed by atoms with E-state index in [1.807, 2.05) is 12.3 Å². The highest BCUT2D eigenvalue weighted by Crippen LogP contribution is 2.18. The van der Waals surface area contributed by atoms with Gasteiger partial charge in [0.1, 0.15) is 6.34 Å². The summed E-state index contributed by atoms with van der Waals surface area (Å²) in [5, 5.41) is 9.05. The van der Waals surface area contributed by atoms with Crippen LogP contribution in [-0.2, 0) is 10.5 Å². The number of thioether (sulfide) groups is 1. The predicted octanol–water partition coefficient (Wildman–Crippen LogP) is 1.75. The highest BCUT2D eigenvalue weighted by atomic mass is 32.2. The molecule has 0 saturated carbocycles. The maximum absolute atomic E-state index is 5.00. The summed E-state index contributed by atoms with van der Waals surface area (Å²) >= 11 is 3.32. The van der Waals surface area contributed by atoms with Gasteiger partial charge in [0.25, 0.3) is 0 Å². The molecule has 1 aromatic heterocycles. The quantitative estimate of drug-likeness (QED) is 0.238. The van der Waals surface area contributed by atoms with Crippen molar-refractivity contribution in [3.8, 4) is 0 Å². The van der Waals surface area contributed by atoms with Crippen LogP contribution in [0.5, 0.6) is 0 Å². The third kappa shape index (κ3) is 6.45. The molecule has 0 bridgehead atoms. The van der Waals surface area contributed by atoms with E-state index in [1.165, 1.54) is 24.1 Å². The lowest BCUT2D eigenvalue weighted by molar-refractivity contribution is 0.342. The number of aromatic nitrogens is 1. The van der Waals surface area contributed by atoms with Crippen LogP contribution in [0.25, 0.3) is 0 Å². The highest BCUT2D eigenvalue weighted by molar-refractivity contribution is 7.98. The van der Waals surface area contributed by atoms with Crippen LogP contribution >= 0.6 is 23.1 Å². The summed E-state index contributed by atoms with van der Waals surface area (Å²) < 4.78 is 5.00. The van der Waals surface area contributed by atoms with Gasteiger partial charge < -0.3 is 15.9 Å². The first-order valence-electron chi connectivity index (χ1n) is 5.47. The van der Waals surface area contributed by atoms with Crippen molar-refractivity contribution in [1.82, 2.24) is 4.98 Å². The fraction of sp³-hybridized carbons (Fsp3) is 0.500. The minimum absolute atomic E-state index is 0.664. The number of nitrogens with one attached hydrogen (secondary N) is 1. The van der Waals surface area contributed by atoms with Gasteiger partial charge in [0.2, 0.25) is 0 Å². The van der Waals surface area contributed by atoms with Gasteiger partial charge in [-0.25, -0.2) is 4.98 Å². The van der Waals surface area contributed by atoms with Gasteiger partial charge in [-0.2, -0.15) is 16.9 Å². The van der Waals surface area contributed by atoms with Crippen LogP contribution in [0.3, 0.4) is 0 Å². The number of hydrogen-bond donors (Lipinski definition) is 2. The predicted molar refractivity (Wildman–Crippen MR) is 79.6 cm³/mol. The molecule has 0 aliphatic rings. The van der Waals surface area contributed by atoms with Gasteiger partial charge in [-0.15, -0.1) is 11.3 Å². The average Bonchev–Trinajstić information content (AvgIpc) is 2.83. The SMILES string of the molecule is CCOC=NCCSCc1csc(NC=NN)n1. The summed E-state index contributed by atoms with van der Waals surface area (Å²) in [6.45, 7) is 3.36. The van der Waals surface area contributed by atoms with Crippen LogP contribution in [0.15, 0.2) is 15.5 Å². The van der Waals surface area contributed by atoms with E-state index in [9.17, 15) is 0 Å². The second-order valence-corrected chi connectivity index (χ2v) is 5.05. The molecule has 0 fully saturated rings. The Hall–Kier alpha value is -1.28. The molecule has 0 aliphatic carbocycles. The van der Waals surface area contributed by atoms with Gasteiger partial charge >= 0.3 is 0 Å². The van der Waals surface area contributed by atoms with Crippen molar-refractivity contribution < 1.29 is 4.74 Å².